The predicted molar refractivity (Wildman–Crippen MR) is 43.4 cm³/mol. The second-order valence-corrected chi connectivity index (χ2v) is 2.92. The first-order chi connectivity index (χ1) is 5.02. The third kappa shape index (κ3) is 7.29. The van der Waals surface area contributed by atoms with Gasteiger partial charge in [-0.3, -0.25) is 4.79 Å². The Morgan fingerprint density at radius 2 is 2.18 bits per heavy atom. The topological polar surface area (TPSA) is 75.3 Å². The van der Waals surface area contributed by atoms with Crippen molar-refractivity contribution in [3.8, 4) is 0 Å². The van der Waals surface area contributed by atoms with Crippen molar-refractivity contribution in [2.45, 2.75) is 32.4 Å². The van der Waals surface area contributed by atoms with Crippen LogP contribution in [0.15, 0.2) is 0 Å². The summed E-state index contributed by atoms with van der Waals surface area (Å²) in [5, 5.41) is 11.4. The van der Waals surface area contributed by atoms with E-state index in [0.29, 0.717) is 12.6 Å². The van der Waals surface area contributed by atoms with Crippen molar-refractivity contribution >= 4 is 5.97 Å². The van der Waals surface area contributed by atoms with Gasteiger partial charge in [-0.25, -0.2) is 0 Å². The lowest BCUT2D eigenvalue weighted by Gasteiger charge is -2.12. The molecule has 0 saturated heterocycles. The largest absolute Gasteiger partial charge is 0.481 e. The number of carboxylic acids is 1. The van der Waals surface area contributed by atoms with E-state index in [4.69, 9.17) is 10.8 Å². The smallest absolute Gasteiger partial charge is 0.304 e. The zero-order chi connectivity index (χ0) is 8.85. The van der Waals surface area contributed by atoms with Gasteiger partial charge in [0.25, 0.3) is 0 Å². The third-order valence-corrected chi connectivity index (χ3v) is 1.23. The van der Waals surface area contributed by atoms with Crippen LogP contribution < -0.4 is 11.1 Å². The van der Waals surface area contributed by atoms with E-state index >= 15 is 0 Å². The number of rotatable bonds is 5. The summed E-state index contributed by atoms with van der Waals surface area (Å²) >= 11 is 0. The summed E-state index contributed by atoms with van der Waals surface area (Å²) in [7, 11) is 0. The monoisotopic (exact) mass is 160 g/mol. The highest BCUT2D eigenvalue weighted by molar-refractivity contribution is 5.67. The fraction of sp³-hybridized carbons (Fsp3) is 0.857. The van der Waals surface area contributed by atoms with Gasteiger partial charge in [0.2, 0.25) is 0 Å². The van der Waals surface area contributed by atoms with Gasteiger partial charge < -0.3 is 16.2 Å². The van der Waals surface area contributed by atoms with Gasteiger partial charge in [0.15, 0.2) is 0 Å². The maximum Gasteiger partial charge on any atom is 0.304 e. The second-order valence-electron chi connectivity index (χ2n) is 2.92. The summed E-state index contributed by atoms with van der Waals surface area (Å²) in [6, 6.07) is 0.0738. The Morgan fingerprint density at radius 3 is 2.55 bits per heavy atom. The Hall–Kier alpha value is -0.610. The van der Waals surface area contributed by atoms with E-state index in [-0.39, 0.29) is 12.5 Å². The van der Waals surface area contributed by atoms with Gasteiger partial charge in [-0.15, -0.1) is 0 Å². The first kappa shape index (κ1) is 10.4. The Balaban J connectivity index is 3.37. The van der Waals surface area contributed by atoms with Crippen molar-refractivity contribution in [3.63, 3.8) is 0 Å². The third-order valence-electron chi connectivity index (χ3n) is 1.23. The van der Waals surface area contributed by atoms with Crippen LogP contribution in [0.4, 0.5) is 0 Å². The zero-order valence-electron chi connectivity index (χ0n) is 7.00. The first-order valence-corrected chi connectivity index (χ1v) is 3.73. The Kier molecular flexibility index (Phi) is 4.81. The van der Waals surface area contributed by atoms with Crippen molar-refractivity contribution in [3.05, 3.63) is 0 Å². The molecule has 0 aromatic rings. The molecule has 0 aliphatic heterocycles. The first-order valence-electron chi connectivity index (χ1n) is 3.73. The molecule has 66 valence electrons. The minimum atomic E-state index is -0.844. The van der Waals surface area contributed by atoms with Gasteiger partial charge in [0.1, 0.15) is 0 Å². The summed E-state index contributed by atoms with van der Waals surface area (Å²) in [5.74, 6) is -0.844. The summed E-state index contributed by atoms with van der Waals surface area (Å²) in [6.45, 7) is 4.55. The van der Waals surface area contributed by atoms with Gasteiger partial charge >= 0.3 is 5.97 Å². The van der Waals surface area contributed by atoms with E-state index in [1.807, 2.05) is 13.8 Å². The van der Waals surface area contributed by atoms with Crippen molar-refractivity contribution in [1.29, 1.82) is 0 Å². The summed E-state index contributed by atoms with van der Waals surface area (Å²) in [4.78, 5) is 10.1. The highest BCUT2D eigenvalue weighted by Gasteiger charge is 2.07. The van der Waals surface area contributed by atoms with Crippen molar-refractivity contribution in [2.24, 2.45) is 5.73 Å². The number of aliphatic carboxylic acids is 1. The number of carbonyl (C=O) groups is 1. The molecular weight excluding hydrogens is 144 g/mol. The summed E-state index contributed by atoms with van der Waals surface area (Å²) in [6.07, 6.45) is 0.0275. The molecule has 1 unspecified atom stereocenters. The van der Waals surface area contributed by atoms with Gasteiger partial charge in [0.05, 0.1) is 6.42 Å². The molecule has 0 fully saturated rings. The van der Waals surface area contributed by atoms with Crippen molar-refractivity contribution < 1.29 is 9.90 Å². The average molecular weight is 160 g/mol. The minimum Gasteiger partial charge on any atom is -0.481 e. The predicted octanol–water partition coefficient (Wildman–Crippen LogP) is -0.214. The summed E-state index contributed by atoms with van der Waals surface area (Å²) < 4.78 is 0. The van der Waals surface area contributed by atoms with E-state index in [1.165, 1.54) is 0 Å². The highest BCUT2D eigenvalue weighted by Crippen LogP contribution is 1.86. The molecule has 0 radical (unpaired) electrons. The number of carboxylic acid groups (broad SMARTS) is 1. The van der Waals surface area contributed by atoms with Crippen LogP contribution in [0.25, 0.3) is 0 Å². The molecule has 0 aromatic heterocycles. The molecule has 1 atom stereocenters. The van der Waals surface area contributed by atoms with E-state index in [2.05, 4.69) is 5.32 Å². The van der Waals surface area contributed by atoms with Crippen LogP contribution in [0.3, 0.4) is 0 Å². The fourth-order valence-electron chi connectivity index (χ4n) is 0.684. The molecule has 4 N–H and O–H groups in total. The Morgan fingerprint density at radius 1 is 1.64 bits per heavy atom. The SMILES string of the molecule is CC(C)NCC(N)CC(=O)O. The molecule has 0 spiro atoms. The molecule has 0 aromatic carbocycles. The molecule has 11 heavy (non-hydrogen) atoms. The van der Waals surface area contributed by atoms with Crippen LogP contribution in [0, 0.1) is 0 Å². The molecule has 4 nitrogen and oxygen atoms in total. The fourth-order valence-corrected chi connectivity index (χ4v) is 0.684. The maximum absolute atomic E-state index is 10.1. The number of nitrogens with two attached hydrogens (primary N) is 1. The second kappa shape index (κ2) is 5.09. The van der Waals surface area contributed by atoms with Crippen LogP contribution in [-0.4, -0.2) is 29.7 Å². The van der Waals surface area contributed by atoms with E-state index in [9.17, 15) is 4.79 Å². The minimum absolute atomic E-state index is 0.0275. The zero-order valence-corrected chi connectivity index (χ0v) is 7.00. The molecule has 0 saturated carbocycles. The van der Waals surface area contributed by atoms with E-state index in [1.54, 1.807) is 0 Å². The lowest BCUT2D eigenvalue weighted by Crippen LogP contribution is -2.38. The van der Waals surface area contributed by atoms with Crippen LogP contribution in [-0.2, 0) is 4.79 Å². The lowest BCUT2D eigenvalue weighted by molar-refractivity contribution is -0.137. The number of hydrogen-bond acceptors (Lipinski definition) is 3. The van der Waals surface area contributed by atoms with Crippen LogP contribution in [0.1, 0.15) is 20.3 Å². The molecular formula is C7H16N2O2. The molecule has 0 aliphatic carbocycles. The maximum atomic E-state index is 10.1. The molecule has 4 heteroatoms. The van der Waals surface area contributed by atoms with Gasteiger partial charge in [0, 0.05) is 18.6 Å². The van der Waals surface area contributed by atoms with Gasteiger partial charge in [-0.2, -0.15) is 0 Å². The highest BCUT2D eigenvalue weighted by atomic mass is 16.4. The number of nitrogens with one attached hydrogen (secondary N) is 1. The van der Waals surface area contributed by atoms with Crippen molar-refractivity contribution in [2.75, 3.05) is 6.54 Å². The number of hydrogen-bond donors (Lipinski definition) is 3. The Bertz CT molecular complexity index is 126. The molecule has 0 rings (SSSR count). The van der Waals surface area contributed by atoms with E-state index < -0.39 is 5.97 Å². The molecule has 0 amide bonds. The quantitative estimate of drug-likeness (QED) is 0.520. The normalized spacial score (nSPS) is 13.5. The standard InChI is InChI=1S/C7H16N2O2/c1-5(2)9-4-6(8)3-7(10)11/h5-6,9H,3-4,8H2,1-2H3,(H,10,11). The Labute approximate surface area is 66.8 Å². The van der Waals surface area contributed by atoms with Crippen LogP contribution in [0.5, 0.6) is 0 Å². The van der Waals surface area contributed by atoms with Crippen LogP contribution in [0.2, 0.25) is 0 Å². The van der Waals surface area contributed by atoms with Gasteiger partial charge in [-0.05, 0) is 0 Å². The molecule has 0 heterocycles. The van der Waals surface area contributed by atoms with Crippen molar-refractivity contribution in [1.82, 2.24) is 5.32 Å². The average Bonchev–Trinajstić information content (AvgIpc) is 1.82. The molecule has 0 aliphatic rings. The van der Waals surface area contributed by atoms with E-state index in [0.717, 1.165) is 0 Å². The molecule has 0 bridgehead atoms. The van der Waals surface area contributed by atoms with Crippen LogP contribution >= 0.6 is 0 Å². The van der Waals surface area contributed by atoms with Gasteiger partial charge in [-0.1, -0.05) is 13.8 Å². The summed E-state index contributed by atoms with van der Waals surface area (Å²) in [5.41, 5.74) is 5.48. The lowest BCUT2D eigenvalue weighted by atomic mass is 10.2.